The molecule has 0 N–H and O–H groups in total. The molecule has 0 amide bonds. The van der Waals surface area contributed by atoms with E-state index in [-0.39, 0.29) is 13.2 Å². The highest BCUT2D eigenvalue weighted by molar-refractivity contribution is 8.05. The van der Waals surface area contributed by atoms with Gasteiger partial charge in [-0.25, -0.2) is 0 Å². The van der Waals surface area contributed by atoms with Gasteiger partial charge in [0.2, 0.25) is 0 Å². The second-order valence-corrected chi connectivity index (χ2v) is 12.3. The Balaban J connectivity index is 2.64. The van der Waals surface area contributed by atoms with Gasteiger partial charge in [-0.2, -0.15) is 10.5 Å². The van der Waals surface area contributed by atoms with Crippen LogP contribution in [0.1, 0.15) is 41.5 Å². The number of benzene rings is 2. The third kappa shape index (κ3) is 7.29. The Hall–Kier alpha value is -1.96. The van der Waals surface area contributed by atoms with Crippen LogP contribution in [0.4, 0.5) is 0 Å². The van der Waals surface area contributed by atoms with Crippen LogP contribution in [-0.2, 0) is 9.47 Å². The topological polar surface area (TPSA) is 66.0 Å². The van der Waals surface area contributed by atoms with E-state index in [1.165, 1.54) is 23.5 Å². The minimum absolute atomic E-state index is 0.0768. The van der Waals surface area contributed by atoms with Crippen molar-refractivity contribution in [1.29, 1.82) is 10.5 Å². The summed E-state index contributed by atoms with van der Waals surface area (Å²) in [7, 11) is 0. The standard InChI is InChI=1S/C26H32N2O2S2/c1-23(2,3)29-19-25(17-27,31-21-13-9-7-10-14-21)26(18-28,20-30-24(4,5)6)32-22-15-11-8-12-16-22/h7-16H,19-20H2,1-6H3. The first-order chi connectivity index (χ1) is 14.9. The fourth-order valence-corrected chi connectivity index (χ4v) is 5.27. The molecule has 0 aliphatic carbocycles. The number of nitrogens with zero attached hydrogens (tertiary/aromatic N) is 2. The molecule has 0 bridgehead atoms. The summed E-state index contributed by atoms with van der Waals surface area (Å²) < 4.78 is 9.88. The fourth-order valence-electron chi connectivity index (χ4n) is 2.76. The van der Waals surface area contributed by atoms with E-state index in [1.807, 2.05) is 102 Å². The quantitative estimate of drug-likeness (QED) is 0.380. The van der Waals surface area contributed by atoms with E-state index in [2.05, 4.69) is 12.1 Å². The first-order valence-corrected chi connectivity index (χ1v) is 12.2. The van der Waals surface area contributed by atoms with E-state index in [1.54, 1.807) is 0 Å². The van der Waals surface area contributed by atoms with Gasteiger partial charge in [0.25, 0.3) is 0 Å². The predicted molar refractivity (Wildman–Crippen MR) is 133 cm³/mol. The van der Waals surface area contributed by atoms with Gasteiger partial charge in [0.05, 0.1) is 36.6 Å². The molecule has 4 nitrogen and oxygen atoms in total. The van der Waals surface area contributed by atoms with Crippen molar-refractivity contribution >= 4 is 23.5 Å². The molecule has 0 aliphatic rings. The van der Waals surface area contributed by atoms with Gasteiger partial charge in [-0.3, -0.25) is 0 Å². The molecule has 0 aromatic heterocycles. The van der Waals surface area contributed by atoms with Crippen LogP contribution in [0, 0.1) is 22.7 Å². The third-order valence-corrected chi connectivity index (χ3v) is 7.46. The Labute approximate surface area is 201 Å². The van der Waals surface area contributed by atoms with Crippen LogP contribution >= 0.6 is 23.5 Å². The van der Waals surface area contributed by atoms with Gasteiger partial charge in [0, 0.05) is 9.79 Å². The Bertz CT molecular complexity index is 861. The van der Waals surface area contributed by atoms with Crippen molar-refractivity contribution in [3.8, 4) is 12.1 Å². The predicted octanol–water partition coefficient (Wildman–Crippen LogP) is 6.73. The monoisotopic (exact) mass is 468 g/mol. The van der Waals surface area contributed by atoms with Gasteiger partial charge in [0.15, 0.2) is 9.49 Å². The lowest BCUT2D eigenvalue weighted by atomic mass is 9.93. The fraction of sp³-hybridized carbons (Fsp3) is 0.462. The maximum Gasteiger partial charge on any atom is 0.160 e. The molecule has 0 spiro atoms. The Morgan fingerprint density at radius 1 is 0.625 bits per heavy atom. The van der Waals surface area contributed by atoms with E-state index >= 15 is 0 Å². The summed E-state index contributed by atoms with van der Waals surface area (Å²) in [4.78, 5) is 1.80. The lowest BCUT2D eigenvalue weighted by molar-refractivity contribution is -0.0334. The van der Waals surface area contributed by atoms with E-state index in [9.17, 15) is 10.5 Å². The Morgan fingerprint density at radius 2 is 0.938 bits per heavy atom. The first-order valence-electron chi connectivity index (χ1n) is 10.5. The number of nitriles is 2. The summed E-state index contributed by atoms with van der Waals surface area (Å²) in [6.45, 7) is 11.9. The molecular formula is C26H32N2O2S2. The first kappa shape index (κ1) is 26.3. The van der Waals surface area contributed by atoms with Crippen molar-refractivity contribution in [2.75, 3.05) is 13.2 Å². The van der Waals surface area contributed by atoms with Gasteiger partial charge in [-0.1, -0.05) is 59.9 Å². The second kappa shape index (κ2) is 10.8. The molecule has 2 aromatic carbocycles. The molecule has 6 heteroatoms. The molecule has 2 aromatic rings. The summed E-state index contributed by atoms with van der Waals surface area (Å²) in [5.74, 6) is 0. The zero-order chi connectivity index (χ0) is 23.9. The smallest absolute Gasteiger partial charge is 0.160 e. The third-order valence-electron chi connectivity index (χ3n) is 4.50. The van der Waals surface area contributed by atoms with Gasteiger partial charge in [-0.05, 0) is 65.8 Å². The number of ether oxygens (including phenoxy) is 2. The van der Waals surface area contributed by atoms with Crippen molar-refractivity contribution in [3.63, 3.8) is 0 Å². The Morgan fingerprint density at radius 3 is 1.19 bits per heavy atom. The van der Waals surface area contributed by atoms with Crippen LogP contribution in [0.3, 0.4) is 0 Å². The molecule has 32 heavy (non-hydrogen) atoms. The molecule has 0 heterocycles. The molecule has 2 rings (SSSR count). The molecule has 170 valence electrons. The zero-order valence-electron chi connectivity index (χ0n) is 19.7. The second-order valence-electron chi connectivity index (χ2n) is 9.51. The SMILES string of the molecule is CC(C)(C)OCC(C#N)(Sc1ccccc1)C(C#N)(COC(C)(C)C)Sc1ccccc1. The summed E-state index contributed by atoms with van der Waals surface area (Å²) in [6.07, 6.45) is 0. The van der Waals surface area contributed by atoms with Crippen LogP contribution in [-0.4, -0.2) is 33.9 Å². The summed E-state index contributed by atoms with van der Waals surface area (Å²) in [5.41, 5.74) is -0.939. The highest BCUT2D eigenvalue weighted by atomic mass is 32.2. The van der Waals surface area contributed by atoms with Gasteiger partial charge >= 0.3 is 0 Å². The molecule has 2 atom stereocenters. The minimum Gasteiger partial charge on any atom is -0.373 e. The normalized spacial score (nSPS) is 15.8. The van der Waals surface area contributed by atoms with Crippen molar-refractivity contribution < 1.29 is 9.47 Å². The molecule has 0 saturated carbocycles. The number of hydrogen-bond donors (Lipinski definition) is 0. The summed E-state index contributed by atoms with van der Waals surface area (Å²) in [6, 6.07) is 24.4. The summed E-state index contributed by atoms with van der Waals surface area (Å²) >= 11 is 2.74. The minimum atomic E-state index is -1.23. The van der Waals surface area contributed by atoms with Gasteiger partial charge in [0.1, 0.15) is 0 Å². The maximum absolute atomic E-state index is 10.6. The van der Waals surface area contributed by atoms with Crippen molar-refractivity contribution in [3.05, 3.63) is 60.7 Å². The highest BCUT2D eigenvalue weighted by Gasteiger charge is 2.56. The van der Waals surface area contributed by atoms with E-state index in [0.717, 1.165) is 9.79 Å². The van der Waals surface area contributed by atoms with Crippen LogP contribution in [0.2, 0.25) is 0 Å². The number of hydrogen-bond acceptors (Lipinski definition) is 6. The highest BCUT2D eigenvalue weighted by Crippen LogP contribution is 2.51. The molecular weight excluding hydrogens is 436 g/mol. The largest absolute Gasteiger partial charge is 0.373 e. The average Bonchev–Trinajstić information content (AvgIpc) is 2.74. The molecule has 0 fully saturated rings. The maximum atomic E-state index is 10.6. The zero-order valence-corrected chi connectivity index (χ0v) is 21.3. The van der Waals surface area contributed by atoms with Crippen LogP contribution < -0.4 is 0 Å². The lowest BCUT2D eigenvalue weighted by Gasteiger charge is -2.42. The average molecular weight is 469 g/mol. The van der Waals surface area contributed by atoms with E-state index in [4.69, 9.17) is 9.47 Å². The van der Waals surface area contributed by atoms with Gasteiger partial charge in [-0.15, -0.1) is 0 Å². The van der Waals surface area contributed by atoms with Crippen molar-refractivity contribution in [2.45, 2.75) is 72.0 Å². The van der Waals surface area contributed by atoms with Crippen LogP contribution in [0.15, 0.2) is 70.5 Å². The van der Waals surface area contributed by atoms with Crippen LogP contribution in [0.25, 0.3) is 0 Å². The van der Waals surface area contributed by atoms with Gasteiger partial charge < -0.3 is 9.47 Å². The lowest BCUT2D eigenvalue weighted by Crippen LogP contribution is -2.55. The molecule has 0 aliphatic heterocycles. The molecule has 0 radical (unpaired) electrons. The van der Waals surface area contributed by atoms with Crippen molar-refractivity contribution in [2.24, 2.45) is 0 Å². The van der Waals surface area contributed by atoms with Crippen LogP contribution in [0.5, 0.6) is 0 Å². The Kier molecular flexibility index (Phi) is 8.85. The molecule has 2 unspecified atom stereocenters. The van der Waals surface area contributed by atoms with Crippen molar-refractivity contribution in [1.82, 2.24) is 0 Å². The van der Waals surface area contributed by atoms with E-state index < -0.39 is 20.7 Å². The molecule has 0 saturated heterocycles. The number of rotatable bonds is 9. The summed E-state index contributed by atoms with van der Waals surface area (Å²) in [5, 5.41) is 21.3. The number of thioether (sulfide) groups is 2. The van der Waals surface area contributed by atoms with E-state index in [0.29, 0.717) is 0 Å².